The molecule has 0 amide bonds. The quantitative estimate of drug-likeness (QED) is 0.905. The molecule has 0 spiro atoms. The van der Waals surface area contributed by atoms with Crippen molar-refractivity contribution in [2.75, 3.05) is 29.5 Å². The molecule has 1 aromatic carbocycles. The summed E-state index contributed by atoms with van der Waals surface area (Å²) in [6, 6.07) is 3.25. The van der Waals surface area contributed by atoms with Crippen LogP contribution in [0.3, 0.4) is 0 Å². The van der Waals surface area contributed by atoms with E-state index < -0.39 is 17.7 Å². The summed E-state index contributed by atoms with van der Waals surface area (Å²) in [5, 5.41) is 9.82. The van der Waals surface area contributed by atoms with Crippen LogP contribution in [0.1, 0.15) is 15.9 Å². The fraction of sp³-hybridized carbons (Fsp3) is 0.333. The van der Waals surface area contributed by atoms with Crippen LogP contribution in [0.5, 0.6) is 0 Å². The summed E-state index contributed by atoms with van der Waals surface area (Å²) in [4.78, 5) is 17.3. The minimum atomic E-state index is -4.46. The maximum absolute atomic E-state index is 12.8. The Hall–Kier alpha value is -1.96. The number of nitrogens with zero attached hydrogens (tertiary/aromatic N) is 2. The molecule has 0 bridgehead atoms. The molecule has 1 aromatic heterocycles. The second kappa shape index (κ2) is 5.92. The molecule has 0 atom stereocenters. The van der Waals surface area contributed by atoms with Crippen molar-refractivity contribution in [3.63, 3.8) is 0 Å². The summed E-state index contributed by atoms with van der Waals surface area (Å²) in [6.45, 7) is 1.32. The van der Waals surface area contributed by atoms with E-state index in [-0.39, 0.29) is 11.1 Å². The molecule has 2 heterocycles. The van der Waals surface area contributed by atoms with Gasteiger partial charge in [0.05, 0.1) is 16.8 Å². The monoisotopic (exact) mass is 342 g/mol. The molecule has 0 aliphatic carbocycles. The van der Waals surface area contributed by atoms with Crippen LogP contribution in [0.25, 0.3) is 10.9 Å². The standard InChI is InChI=1S/C15H13F3N2O2S/c16-15(17,18)9-1-2-10-12(7-9)19-8-11(14(21)22)13(10)20-3-5-23-6-4-20/h1-2,7-8H,3-6H2,(H,21,22). The van der Waals surface area contributed by atoms with Gasteiger partial charge in [-0.15, -0.1) is 0 Å². The number of benzene rings is 1. The van der Waals surface area contributed by atoms with Crippen molar-refractivity contribution >= 4 is 34.3 Å². The van der Waals surface area contributed by atoms with Gasteiger partial charge in [-0.25, -0.2) is 4.79 Å². The van der Waals surface area contributed by atoms with Gasteiger partial charge in [0.15, 0.2) is 0 Å². The van der Waals surface area contributed by atoms with Crippen LogP contribution in [0.15, 0.2) is 24.4 Å². The molecule has 0 unspecified atom stereocenters. The zero-order valence-corrected chi connectivity index (χ0v) is 12.7. The minimum absolute atomic E-state index is 0.0177. The van der Waals surface area contributed by atoms with Gasteiger partial charge in [-0.2, -0.15) is 24.9 Å². The van der Waals surface area contributed by atoms with Crippen LogP contribution >= 0.6 is 11.8 Å². The minimum Gasteiger partial charge on any atom is -0.478 e. The average molecular weight is 342 g/mol. The van der Waals surface area contributed by atoms with Crippen molar-refractivity contribution in [3.8, 4) is 0 Å². The number of carboxylic acids is 1. The molecule has 1 aliphatic rings. The summed E-state index contributed by atoms with van der Waals surface area (Å²) in [7, 11) is 0. The van der Waals surface area contributed by atoms with Crippen LogP contribution < -0.4 is 4.90 Å². The van der Waals surface area contributed by atoms with Gasteiger partial charge in [0.1, 0.15) is 5.56 Å². The van der Waals surface area contributed by atoms with Gasteiger partial charge in [-0.3, -0.25) is 4.98 Å². The average Bonchev–Trinajstić information content (AvgIpc) is 2.53. The Morgan fingerprint density at radius 2 is 1.96 bits per heavy atom. The Kier molecular flexibility index (Phi) is 4.09. The number of halogens is 3. The summed E-state index contributed by atoms with van der Waals surface area (Å²) in [5.74, 6) is 0.569. The van der Waals surface area contributed by atoms with E-state index in [1.54, 1.807) is 11.8 Å². The van der Waals surface area contributed by atoms with E-state index in [4.69, 9.17) is 0 Å². The molecule has 3 rings (SSSR count). The maximum Gasteiger partial charge on any atom is 0.416 e. The van der Waals surface area contributed by atoms with Crippen molar-refractivity contribution < 1.29 is 23.1 Å². The molecule has 0 saturated carbocycles. The molecule has 1 fully saturated rings. The molecule has 8 heteroatoms. The first-order chi connectivity index (χ1) is 10.9. The number of aromatic carboxylic acids is 1. The van der Waals surface area contributed by atoms with Crippen molar-refractivity contribution in [1.82, 2.24) is 4.98 Å². The van der Waals surface area contributed by atoms with Crippen LogP contribution in [0, 0.1) is 0 Å². The zero-order valence-electron chi connectivity index (χ0n) is 11.9. The zero-order chi connectivity index (χ0) is 16.6. The van der Waals surface area contributed by atoms with E-state index >= 15 is 0 Å². The van der Waals surface area contributed by atoms with Gasteiger partial charge < -0.3 is 10.0 Å². The lowest BCUT2D eigenvalue weighted by Crippen LogP contribution is -2.33. The number of alkyl halides is 3. The first-order valence-electron chi connectivity index (χ1n) is 6.94. The van der Waals surface area contributed by atoms with Gasteiger partial charge >= 0.3 is 12.1 Å². The smallest absolute Gasteiger partial charge is 0.416 e. The first kappa shape index (κ1) is 15.9. The predicted octanol–water partition coefficient (Wildman–Crippen LogP) is 3.51. The number of pyridine rings is 1. The molecular weight excluding hydrogens is 329 g/mol. The van der Waals surface area contributed by atoms with E-state index in [0.717, 1.165) is 29.8 Å². The number of carboxylic acid groups (broad SMARTS) is 1. The second-order valence-corrected chi connectivity index (χ2v) is 6.38. The van der Waals surface area contributed by atoms with Crippen molar-refractivity contribution in [2.24, 2.45) is 0 Å². The van der Waals surface area contributed by atoms with Gasteiger partial charge in [0.2, 0.25) is 0 Å². The van der Waals surface area contributed by atoms with E-state index in [2.05, 4.69) is 4.98 Å². The Bertz CT molecular complexity index is 758. The van der Waals surface area contributed by atoms with Gasteiger partial charge in [0, 0.05) is 36.2 Å². The summed E-state index contributed by atoms with van der Waals surface area (Å²) in [6.07, 6.45) is -3.31. The molecule has 4 nitrogen and oxygen atoms in total. The lowest BCUT2D eigenvalue weighted by Gasteiger charge is -2.30. The summed E-state index contributed by atoms with van der Waals surface area (Å²) < 4.78 is 38.5. The normalized spacial score (nSPS) is 15.9. The predicted molar refractivity (Wildman–Crippen MR) is 83.2 cm³/mol. The maximum atomic E-state index is 12.8. The molecule has 122 valence electrons. The molecule has 23 heavy (non-hydrogen) atoms. The highest BCUT2D eigenvalue weighted by Gasteiger charge is 2.31. The van der Waals surface area contributed by atoms with Crippen LogP contribution in [-0.4, -0.2) is 40.7 Å². The topological polar surface area (TPSA) is 53.4 Å². The lowest BCUT2D eigenvalue weighted by molar-refractivity contribution is -0.137. The third-order valence-corrected chi connectivity index (χ3v) is 4.67. The van der Waals surface area contributed by atoms with Gasteiger partial charge in [-0.1, -0.05) is 6.07 Å². The van der Waals surface area contributed by atoms with E-state index in [1.807, 2.05) is 4.90 Å². The molecule has 1 N–H and O–H groups in total. The largest absolute Gasteiger partial charge is 0.478 e. The van der Waals surface area contributed by atoms with E-state index in [1.165, 1.54) is 6.07 Å². The third-order valence-electron chi connectivity index (χ3n) is 3.73. The number of hydrogen-bond acceptors (Lipinski definition) is 4. The number of aromatic nitrogens is 1. The first-order valence-corrected chi connectivity index (χ1v) is 8.09. The second-order valence-electron chi connectivity index (χ2n) is 5.15. The van der Waals surface area contributed by atoms with Crippen LogP contribution in [0.4, 0.5) is 18.9 Å². The Morgan fingerprint density at radius 1 is 1.26 bits per heavy atom. The van der Waals surface area contributed by atoms with Crippen molar-refractivity contribution in [1.29, 1.82) is 0 Å². The van der Waals surface area contributed by atoms with Crippen LogP contribution in [0.2, 0.25) is 0 Å². The molecule has 0 radical (unpaired) electrons. The number of rotatable bonds is 2. The summed E-state index contributed by atoms with van der Waals surface area (Å²) in [5.41, 5.74) is -0.167. The molecule has 1 aliphatic heterocycles. The van der Waals surface area contributed by atoms with Gasteiger partial charge in [0.25, 0.3) is 0 Å². The molecule has 2 aromatic rings. The van der Waals surface area contributed by atoms with E-state index in [9.17, 15) is 23.1 Å². The molecular formula is C15H13F3N2O2S. The van der Waals surface area contributed by atoms with Crippen molar-refractivity contribution in [3.05, 3.63) is 35.5 Å². The van der Waals surface area contributed by atoms with Crippen LogP contribution in [-0.2, 0) is 6.18 Å². The highest BCUT2D eigenvalue weighted by atomic mass is 32.2. The number of thioether (sulfide) groups is 1. The fourth-order valence-electron chi connectivity index (χ4n) is 2.64. The Balaban J connectivity index is 2.20. The highest BCUT2D eigenvalue weighted by Crippen LogP contribution is 2.35. The Morgan fingerprint density at radius 3 is 2.57 bits per heavy atom. The highest BCUT2D eigenvalue weighted by molar-refractivity contribution is 7.99. The number of carbonyl (C=O) groups is 1. The SMILES string of the molecule is O=C(O)c1cnc2cc(C(F)(F)F)ccc2c1N1CCSCC1. The lowest BCUT2D eigenvalue weighted by atomic mass is 10.1. The number of fused-ring (bicyclic) bond motifs is 1. The summed E-state index contributed by atoms with van der Waals surface area (Å²) >= 11 is 1.77. The Labute approximate surface area is 134 Å². The third kappa shape index (κ3) is 3.08. The molecule has 1 saturated heterocycles. The fourth-order valence-corrected chi connectivity index (χ4v) is 3.54. The number of anilines is 1. The van der Waals surface area contributed by atoms with Crippen molar-refractivity contribution in [2.45, 2.75) is 6.18 Å². The van der Waals surface area contributed by atoms with E-state index in [0.29, 0.717) is 24.2 Å². The van der Waals surface area contributed by atoms with Gasteiger partial charge in [-0.05, 0) is 12.1 Å². The number of hydrogen-bond donors (Lipinski definition) is 1.